The molecule has 3 heterocycles. The molecule has 3 aromatic rings. The number of aliphatic imine (C=N–C) groups is 1. The first-order chi connectivity index (χ1) is 17.0. The summed E-state index contributed by atoms with van der Waals surface area (Å²) in [6.07, 6.45) is 8.78. The van der Waals surface area contributed by atoms with Gasteiger partial charge in [-0.05, 0) is 67.4 Å². The summed E-state index contributed by atoms with van der Waals surface area (Å²) in [4.78, 5) is 13.0. The maximum absolute atomic E-state index is 4.77. The average Bonchev–Trinajstić information content (AvgIpc) is 3.63. The van der Waals surface area contributed by atoms with E-state index in [1.165, 1.54) is 47.2 Å². The van der Waals surface area contributed by atoms with Crippen molar-refractivity contribution < 1.29 is 0 Å². The predicted molar refractivity (Wildman–Crippen MR) is 154 cm³/mol. The Labute approximate surface area is 213 Å². The maximum atomic E-state index is 4.77. The SMILES string of the molecule is CC(=N/C=C(\C)c1ccc(-c2ccc(-c3cnc([C@@H]4CCCN4P)[nH]3)cc2)cc1)[C@@H]1CCCN1P. The predicted octanol–water partition coefficient (Wildman–Crippen LogP) is 6.75. The van der Waals surface area contributed by atoms with Gasteiger partial charge in [0.25, 0.3) is 0 Å². The van der Waals surface area contributed by atoms with E-state index in [1.807, 2.05) is 12.4 Å². The number of nitrogens with zero attached hydrogens (tertiary/aromatic N) is 4. The molecule has 5 rings (SSSR count). The van der Waals surface area contributed by atoms with Gasteiger partial charge in [-0.15, -0.1) is 0 Å². The quantitative estimate of drug-likeness (QED) is 0.299. The van der Waals surface area contributed by atoms with E-state index in [2.05, 4.69) is 100 Å². The van der Waals surface area contributed by atoms with E-state index in [4.69, 9.17) is 4.99 Å². The zero-order chi connectivity index (χ0) is 24.4. The van der Waals surface area contributed by atoms with E-state index < -0.39 is 0 Å². The summed E-state index contributed by atoms with van der Waals surface area (Å²) >= 11 is 0. The van der Waals surface area contributed by atoms with E-state index >= 15 is 0 Å². The van der Waals surface area contributed by atoms with Gasteiger partial charge in [-0.2, -0.15) is 0 Å². The summed E-state index contributed by atoms with van der Waals surface area (Å²) < 4.78 is 4.62. The molecule has 2 unspecified atom stereocenters. The van der Waals surface area contributed by atoms with E-state index in [9.17, 15) is 0 Å². The lowest BCUT2D eigenvalue weighted by Gasteiger charge is -2.18. The first kappa shape index (κ1) is 24.5. The molecule has 4 atom stereocenters. The van der Waals surface area contributed by atoms with E-state index in [-0.39, 0.29) is 0 Å². The largest absolute Gasteiger partial charge is 0.341 e. The van der Waals surface area contributed by atoms with Crippen LogP contribution in [-0.2, 0) is 0 Å². The third kappa shape index (κ3) is 5.49. The van der Waals surface area contributed by atoms with Gasteiger partial charge in [-0.25, -0.2) is 4.98 Å². The lowest BCUT2D eigenvalue weighted by molar-refractivity contribution is 0.434. The Kier molecular flexibility index (Phi) is 7.60. The monoisotopic (exact) mass is 503 g/mol. The standard InChI is InChI=1S/C28H35N5P2/c1-19(17-29-20(2)26-5-3-15-32(26)34)21-7-9-22(10-8-21)23-11-13-24(14-12-23)25-18-30-28(31-25)27-6-4-16-33(27)35/h7-14,17-18,26-27H,3-6,15-16,34-35H2,1-2H3,(H,30,31)/b19-17+,29-20?/t26-,27-/m0/s1. The first-order valence-electron chi connectivity index (χ1n) is 12.5. The third-order valence-electron chi connectivity index (χ3n) is 7.31. The van der Waals surface area contributed by atoms with Crippen LogP contribution in [0.3, 0.4) is 0 Å². The Bertz CT molecular complexity index is 1210. The second kappa shape index (κ2) is 10.8. The van der Waals surface area contributed by atoms with Crippen LogP contribution in [0.5, 0.6) is 0 Å². The van der Waals surface area contributed by atoms with Crippen LogP contribution in [-0.4, -0.2) is 44.2 Å². The summed E-state index contributed by atoms with van der Waals surface area (Å²) in [6, 6.07) is 18.3. The van der Waals surface area contributed by atoms with Gasteiger partial charge in [0.2, 0.25) is 0 Å². The number of aromatic amines is 1. The summed E-state index contributed by atoms with van der Waals surface area (Å²) in [6.45, 7) is 6.51. The van der Waals surface area contributed by atoms with Gasteiger partial charge in [0, 0.05) is 25.0 Å². The molecule has 0 aliphatic carbocycles. The van der Waals surface area contributed by atoms with Crippen molar-refractivity contribution in [3.63, 3.8) is 0 Å². The van der Waals surface area contributed by atoms with Gasteiger partial charge < -0.3 is 4.98 Å². The Morgan fingerprint density at radius 2 is 1.54 bits per heavy atom. The highest BCUT2D eigenvalue weighted by Crippen LogP contribution is 2.34. The van der Waals surface area contributed by atoms with Crippen LogP contribution < -0.4 is 0 Å². The topological polar surface area (TPSA) is 47.5 Å². The molecule has 2 aliphatic heterocycles. The number of hydrogen-bond acceptors (Lipinski definition) is 4. The zero-order valence-corrected chi connectivity index (χ0v) is 22.9. The highest BCUT2D eigenvalue weighted by atomic mass is 31.0. The molecule has 182 valence electrons. The number of nitrogens with one attached hydrogen (secondary N) is 1. The molecule has 0 radical (unpaired) electrons. The maximum Gasteiger partial charge on any atom is 0.124 e. The van der Waals surface area contributed by atoms with Crippen LogP contribution in [0.15, 0.2) is 65.9 Å². The first-order valence-corrected chi connectivity index (χ1v) is 13.5. The van der Waals surface area contributed by atoms with Crippen LogP contribution in [0, 0.1) is 0 Å². The fraction of sp³-hybridized carbons (Fsp3) is 0.357. The Hall–Kier alpha value is -2.16. The van der Waals surface area contributed by atoms with Crippen LogP contribution in [0.2, 0.25) is 0 Å². The van der Waals surface area contributed by atoms with Gasteiger partial charge in [-0.1, -0.05) is 67.3 Å². The molecule has 2 saturated heterocycles. The van der Waals surface area contributed by atoms with Crippen molar-refractivity contribution in [2.45, 2.75) is 51.6 Å². The summed E-state index contributed by atoms with van der Waals surface area (Å²) in [7, 11) is 5.67. The molecule has 7 heteroatoms. The number of hydrogen-bond donors (Lipinski definition) is 1. The Morgan fingerprint density at radius 1 is 0.914 bits per heavy atom. The molecule has 0 bridgehead atoms. The fourth-order valence-corrected chi connectivity index (χ4v) is 6.12. The van der Waals surface area contributed by atoms with Gasteiger partial charge in [0.1, 0.15) is 5.82 Å². The number of benzene rings is 2. The summed E-state index contributed by atoms with van der Waals surface area (Å²) in [5, 5.41) is 0. The van der Waals surface area contributed by atoms with Crippen molar-refractivity contribution in [3.05, 3.63) is 72.3 Å². The lowest BCUT2D eigenvalue weighted by atomic mass is 10.00. The number of H-pyrrole nitrogens is 1. The summed E-state index contributed by atoms with van der Waals surface area (Å²) in [5.74, 6) is 1.06. The highest BCUT2D eigenvalue weighted by molar-refractivity contribution is 7.13. The normalized spacial score (nSPS) is 22.3. The van der Waals surface area contributed by atoms with Gasteiger partial charge in [0.15, 0.2) is 0 Å². The van der Waals surface area contributed by atoms with E-state index in [0.717, 1.165) is 36.6 Å². The molecule has 1 aromatic heterocycles. The zero-order valence-electron chi connectivity index (χ0n) is 20.6. The van der Waals surface area contributed by atoms with E-state index in [1.54, 1.807) is 0 Å². The van der Waals surface area contributed by atoms with Crippen LogP contribution in [0.25, 0.3) is 28.0 Å². The molecule has 1 N–H and O–H groups in total. The molecule has 0 spiro atoms. The minimum atomic E-state index is 0.377. The number of aromatic nitrogens is 2. The van der Waals surface area contributed by atoms with Crippen molar-refractivity contribution in [1.82, 2.24) is 19.3 Å². The van der Waals surface area contributed by atoms with Crippen molar-refractivity contribution in [2.75, 3.05) is 13.1 Å². The Morgan fingerprint density at radius 3 is 2.17 bits per heavy atom. The van der Waals surface area contributed by atoms with Crippen LogP contribution >= 0.6 is 18.8 Å². The number of allylic oxidation sites excluding steroid dienone is 1. The summed E-state index contributed by atoms with van der Waals surface area (Å²) in [5.41, 5.74) is 8.24. The minimum Gasteiger partial charge on any atom is -0.341 e. The smallest absolute Gasteiger partial charge is 0.124 e. The van der Waals surface area contributed by atoms with Crippen LogP contribution in [0.1, 0.15) is 57.0 Å². The van der Waals surface area contributed by atoms with Crippen molar-refractivity contribution >= 4 is 30.1 Å². The highest BCUT2D eigenvalue weighted by Gasteiger charge is 2.25. The number of imidazole rings is 1. The molecular formula is C28H35N5P2. The van der Waals surface area contributed by atoms with Gasteiger partial charge >= 0.3 is 0 Å². The molecule has 35 heavy (non-hydrogen) atoms. The van der Waals surface area contributed by atoms with Gasteiger partial charge in [0.05, 0.1) is 24.0 Å². The van der Waals surface area contributed by atoms with E-state index in [0.29, 0.717) is 12.1 Å². The van der Waals surface area contributed by atoms with Crippen molar-refractivity contribution in [1.29, 1.82) is 0 Å². The van der Waals surface area contributed by atoms with Gasteiger partial charge in [-0.3, -0.25) is 14.3 Å². The molecule has 2 aromatic carbocycles. The molecular weight excluding hydrogens is 468 g/mol. The average molecular weight is 504 g/mol. The fourth-order valence-electron chi connectivity index (χ4n) is 5.10. The second-order valence-corrected chi connectivity index (χ2v) is 11.0. The Balaban J connectivity index is 1.26. The molecule has 2 aliphatic rings. The molecule has 0 amide bonds. The second-order valence-electron chi connectivity index (χ2n) is 9.71. The van der Waals surface area contributed by atoms with Crippen molar-refractivity contribution in [3.8, 4) is 22.4 Å². The minimum absolute atomic E-state index is 0.377. The van der Waals surface area contributed by atoms with Crippen LogP contribution in [0.4, 0.5) is 0 Å². The lowest BCUT2D eigenvalue weighted by Crippen LogP contribution is -2.26. The third-order valence-corrected chi connectivity index (χ3v) is 8.55. The van der Waals surface area contributed by atoms with Crippen molar-refractivity contribution in [2.24, 2.45) is 4.99 Å². The molecule has 5 nitrogen and oxygen atoms in total. The molecule has 0 saturated carbocycles. The number of rotatable bonds is 6. The molecule has 2 fully saturated rings.